The fourth-order valence-electron chi connectivity index (χ4n) is 2.41. The monoisotopic (exact) mass is 290 g/mol. The summed E-state index contributed by atoms with van der Waals surface area (Å²) in [4.78, 5) is 25.0. The largest absolute Gasteiger partial charge is 0.381 e. The predicted octanol–water partition coefficient (Wildman–Crippen LogP) is 2.78. The van der Waals surface area contributed by atoms with E-state index in [2.05, 4.69) is 5.32 Å². The number of rotatable bonds is 4. The lowest BCUT2D eigenvalue weighted by Gasteiger charge is -2.27. The van der Waals surface area contributed by atoms with Crippen LogP contribution in [0.3, 0.4) is 0 Å². The van der Waals surface area contributed by atoms with Gasteiger partial charge in [0.25, 0.3) is 0 Å². The molecule has 0 aromatic heterocycles. The van der Waals surface area contributed by atoms with E-state index in [1.165, 1.54) is 6.92 Å². The number of anilines is 1. The Morgan fingerprint density at radius 3 is 2.43 bits per heavy atom. The Labute approximate surface area is 125 Å². The number of carbonyl (C=O) groups is 2. The minimum Gasteiger partial charge on any atom is -0.381 e. The summed E-state index contributed by atoms with van der Waals surface area (Å²) >= 11 is 0. The van der Waals surface area contributed by atoms with E-state index in [9.17, 15) is 9.59 Å². The van der Waals surface area contributed by atoms with Crippen LogP contribution in [0.15, 0.2) is 24.3 Å². The van der Waals surface area contributed by atoms with Gasteiger partial charge in [-0.2, -0.15) is 0 Å². The van der Waals surface area contributed by atoms with E-state index in [1.54, 1.807) is 36.2 Å². The topological polar surface area (TPSA) is 58.6 Å². The van der Waals surface area contributed by atoms with Crippen LogP contribution < -0.4 is 5.32 Å². The molecule has 0 atom stereocenters. The predicted molar refractivity (Wildman–Crippen MR) is 81.6 cm³/mol. The maximum absolute atomic E-state index is 12.1. The maximum Gasteiger partial charge on any atom is 0.321 e. The summed E-state index contributed by atoms with van der Waals surface area (Å²) in [6, 6.07) is 6.80. The second-order valence-electron chi connectivity index (χ2n) is 5.50. The molecule has 0 unspecified atom stereocenters. The highest BCUT2D eigenvalue weighted by Gasteiger charge is 2.18. The van der Waals surface area contributed by atoms with Gasteiger partial charge in [-0.25, -0.2) is 4.79 Å². The van der Waals surface area contributed by atoms with Gasteiger partial charge in [0.1, 0.15) is 0 Å². The number of nitrogens with one attached hydrogen (secondary N) is 1. The molecular formula is C16H22N2O3. The lowest BCUT2D eigenvalue weighted by molar-refractivity contribution is 0.0592. The Morgan fingerprint density at radius 1 is 1.24 bits per heavy atom. The molecule has 1 N–H and O–H groups in total. The number of benzene rings is 1. The van der Waals surface area contributed by atoms with Crippen LogP contribution in [-0.4, -0.2) is 43.5 Å². The lowest BCUT2D eigenvalue weighted by atomic mass is 10.00. The fourth-order valence-corrected chi connectivity index (χ4v) is 2.41. The second-order valence-corrected chi connectivity index (χ2v) is 5.50. The van der Waals surface area contributed by atoms with E-state index in [1.807, 2.05) is 0 Å². The van der Waals surface area contributed by atoms with Crippen LogP contribution in [0.4, 0.5) is 10.5 Å². The van der Waals surface area contributed by atoms with E-state index in [0.29, 0.717) is 17.2 Å². The van der Waals surface area contributed by atoms with Gasteiger partial charge >= 0.3 is 6.03 Å². The SMILES string of the molecule is CC(=O)c1ccc(NC(=O)N(C)CC2CCOCC2)cc1. The van der Waals surface area contributed by atoms with Crippen LogP contribution in [-0.2, 0) is 4.74 Å². The molecule has 1 fully saturated rings. The van der Waals surface area contributed by atoms with E-state index < -0.39 is 0 Å². The van der Waals surface area contributed by atoms with Crippen molar-refractivity contribution in [2.75, 3.05) is 32.1 Å². The molecular weight excluding hydrogens is 268 g/mol. The van der Waals surface area contributed by atoms with Crippen molar-refractivity contribution in [2.24, 2.45) is 5.92 Å². The lowest BCUT2D eigenvalue weighted by Crippen LogP contribution is -2.36. The van der Waals surface area contributed by atoms with E-state index >= 15 is 0 Å². The van der Waals surface area contributed by atoms with E-state index in [0.717, 1.165) is 32.6 Å². The molecule has 5 nitrogen and oxygen atoms in total. The molecule has 1 aromatic carbocycles. The minimum absolute atomic E-state index is 0.0181. The van der Waals surface area contributed by atoms with Crippen LogP contribution in [0.2, 0.25) is 0 Å². The number of ether oxygens (including phenoxy) is 1. The van der Waals surface area contributed by atoms with Crippen molar-refractivity contribution >= 4 is 17.5 Å². The number of nitrogens with zero attached hydrogens (tertiary/aromatic N) is 1. The molecule has 0 saturated carbocycles. The van der Waals surface area contributed by atoms with Crippen molar-refractivity contribution in [1.29, 1.82) is 0 Å². The average molecular weight is 290 g/mol. The summed E-state index contributed by atoms with van der Waals surface area (Å²) in [7, 11) is 1.80. The molecule has 2 amide bonds. The minimum atomic E-state index is -0.128. The third kappa shape index (κ3) is 4.56. The molecule has 5 heteroatoms. The van der Waals surface area contributed by atoms with Gasteiger partial charge in [0.2, 0.25) is 0 Å². The highest BCUT2D eigenvalue weighted by Crippen LogP contribution is 2.16. The number of ketones is 1. The van der Waals surface area contributed by atoms with Gasteiger partial charge in [0.15, 0.2) is 5.78 Å². The summed E-state index contributed by atoms with van der Waals surface area (Å²) in [6.07, 6.45) is 2.01. The zero-order chi connectivity index (χ0) is 15.2. The molecule has 21 heavy (non-hydrogen) atoms. The fraction of sp³-hybridized carbons (Fsp3) is 0.500. The maximum atomic E-state index is 12.1. The highest BCUT2D eigenvalue weighted by molar-refractivity contribution is 5.95. The van der Waals surface area contributed by atoms with Gasteiger partial charge in [0.05, 0.1) is 0 Å². The summed E-state index contributed by atoms with van der Waals surface area (Å²) in [6.45, 7) is 3.83. The quantitative estimate of drug-likeness (QED) is 0.867. The molecule has 1 aromatic rings. The Morgan fingerprint density at radius 2 is 1.86 bits per heavy atom. The van der Waals surface area contributed by atoms with Crippen molar-refractivity contribution in [1.82, 2.24) is 4.90 Å². The molecule has 0 bridgehead atoms. The van der Waals surface area contributed by atoms with Crippen LogP contribution in [0.1, 0.15) is 30.1 Å². The van der Waals surface area contributed by atoms with Gasteiger partial charge in [0, 0.05) is 38.1 Å². The Bertz CT molecular complexity index is 493. The van der Waals surface area contributed by atoms with Crippen molar-refractivity contribution in [3.05, 3.63) is 29.8 Å². The Hall–Kier alpha value is -1.88. The zero-order valence-corrected chi connectivity index (χ0v) is 12.6. The number of urea groups is 1. The standard InChI is InChI=1S/C16H22N2O3/c1-12(19)14-3-5-15(6-4-14)17-16(20)18(2)11-13-7-9-21-10-8-13/h3-6,13H,7-11H2,1-2H3,(H,17,20). The van der Waals surface area contributed by atoms with Gasteiger partial charge in [-0.1, -0.05) is 0 Å². The number of hydrogen-bond acceptors (Lipinski definition) is 3. The van der Waals surface area contributed by atoms with Crippen LogP contribution in [0.25, 0.3) is 0 Å². The third-order valence-electron chi connectivity index (χ3n) is 3.76. The molecule has 0 spiro atoms. The summed E-state index contributed by atoms with van der Waals surface area (Å²) in [5.41, 5.74) is 1.34. The average Bonchev–Trinajstić information content (AvgIpc) is 2.48. The number of carbonyl (C=O) groups excluding carboxylic acids is 2. The number of amides is 2. The first-order valence-electron chi connectivity index (χ1n) is 7.27. The highest BCUT2D eigenvalue weighted by atomic mass is 16.5. The number of hydrogen-bond donors (Lipinski definition) is 1. The van der Waals surface area contributed by atoms with Crippen LogP contribution in [0.5, 0.6) is 0 Å². The summed E-state index contributed by atoms with van der Waals surface area (Å²) in [5, 5.41) is 2.84. The smallest absolute Gasteiger partial charge is 0.321 e. The van der Waals surface area contributed by atoms with Crippen molar-refractivity contribution < 1.29 is 14.3 Å². The molecule has 1 aliphatic rings. The summed E-state index contributed by atoms with van der Waals surface area (Å²) < 4.78 is 5.32. The molecule has 2 rings (SSSR count). The summed E-state index contributed by atoms with van der Waals surface area (Å²) in [5.74, 6) is 0.527. The first kappa shape index (κ1) is 15.5. The number of Topliss-reactive ketones (excluding diaryl/α,β-unsaturated/α-hetero) is 1. The molecule has 0 radical (unpaired) electrons. The molecule has 1 heterocycles. The zero-order valence-electron chi connectivity index (χ0n) is 12.6. The molecule has 1 aliphatic heterocycles. The van der Waals surface area contributed by atoms with E-state index in [4.69, 9.17) is 4.74 Å². The second kappa shape index (κ2) is 7.22. The van der Waals surface area contributed by atoms with Crippen molar-refractivity contribution in [3.63, 3.8) is 0 Å². The Balaban J connectivity index is 1.86. The molecule has 1 saturated heterocycles. The molecule has 0 aliphatic carbocycles. The van der Waals surface area contributed by atoms with Crippen LogP contribution in [0, 0.1) is 5.92 Å². The first-order valence-corrected chi connectivity index (χ1v) is 7.27. The van der Waals surface area contributed by atoms with E-state index in [-0.39, 0.29) is 11.8 Å². The van der Waals surface area contributed by atoms with Gasteiger partial charge in [-0.15, -0.1) is 0 Å². The van der Waals surface area contributed by atoms with Gasteiger partial charge < -0.3 is 15.0 Å². The van der Waals surface area contributed by atoms with Crippen molar-refractivity contribution in [3.8, 4) is 0 Å². The Kier molecular flexibility index (Phi) is 5.33. The van der Waals surface area contributed by atoms with Crippen LogP contribution >= 0.6 is 0 Å². The normalized spacial score (nSPS) is 15.5. The van der Waals surface area contributed by atoms with Gasteiger partial charge in [-0.3, -0.25) is 4.79 Å². The van der Waals surface area contributed by atoms with Gasteiger partial charge in [-0.05, 0) is 49.9 Å². The third-order valence-corrected chi connectivity index (χ3v) is 3.76. The van der Waals surface area contributed by atoms with Crippen molar-refractivity contribution in [2.45, 2.75) is 19.8 Å². The molecule has 114 valence electrons. The first-order chi connectivity index (χ1) is 10.1.